The number of pyridine rings is 1. The Morgan fingerprint density at radius 1 is 1.17 bits per heavy atom. The number of nitrogens with one attached hydrogen (secondary N) is 1. The molecule has 1 N–H and O–H groups in total. The molecule has 7 nitrogen and oxygen atoms in total. The maximum Gasteiger partial charge on any atom is 0.436 e. The van der Waals surface area contributed by atoms with Gasteiger partial charge in [-0.1, -0.05) is 30.3 Å². The second-order valence-electron chi connectivity index (χ2n) is 6.06. The molecule has 0 aliphatic rings. The van der Waals surface area contributed by atoms with Crippen LogP contribution >= 0.6 is 0 Å². The van der Waals surface area contributed by atoms with E-state index < -0.39 is 27.3 Å². The average Bonchev–Trinajstić information content (AvgIpc) is 3.05. The Kier molecular flexibility index (Phi) is 5.30. The largest absolute Gasteiger partial charge is 0.436 e. The summed E-state index contributed by atoms with van der Waals surface area (Å²) in [4.78, 5) is 3.81. The van der Waals surface area contributed by atoms with E-state index in [-0.39, 0.29) is 23.1 Å². The van der Waals surface area contributed by atoms with Gasteiger partial charge in [0.1, 0.15) is 11.6 Å². The van der Waals surface area contributed by atoms with Crippen LogP contribution in [-0.2, 0) is 22.6 Å². The number of sulfone groups is 1. The first-order valence-electron chi connectivity index (χ1n) is 8.16. The van der Waals surface area contributed by atoms with Gasteiger partial charge in [0.2, 0.25) is 0 Å². The molecule has 0 atom stereocenters. The van der Waals surface area contributed by atoms with Crippen molar-refractivity contribution in [3.8, 4) is 11.9 Å². The maximum absolute atomic E-state index is 13.4. The summed E-state index contributed by atoms with van der Waals surface area (Å²) >= 11 is 0. The van der Waals surface area contributed by atoms with Crippen LogP contribution in [0.2, 0.25) is 0 Å². The summed E-state index contributed by atoms with van der Waals surface area (Å²) in [7, 11) is -3.53. The lowest BCUT2D eigenvalue weighted by Gasteiger charge is -2.10. The Morgan fingerprint density at radius 2 is 1.86 bits per heavy atom. The molecule has 0 spiro atoms. The Hall–Kier alpha value is -3.39. The summed E-state index contributed by atoms with van der Waals surface area (Å²) in [5.74, 6) is -0.261. The summed E-state index contributed by atoms with van der Waals surface area (Å²) in [5, 5.41) is 15.7. The first-order chi connectivity index (χ1) is 13.6. The molecule has 11 heteroatoms. The molecule has 1 aromatic carbocycles. The van der Waals surface area contributed by atoms with Crippen LogP contribution in [0.5, 0.6) is 0 Å². The van der Waals surface area contributed by atoms with Gasteiger partial charge < -0.3 is 5.32 Å². The fourth-order valence-corrected chi connectivity index (χ4v) is 3.11. The lowest BCUT2D eigenvalue weighted by molar-refractivity contribution is -0.141. The normalized spacial score (nSPS) is 11.8. The molecule has 0 fully saturated rings. The number of aromatic nitrogens is 3. The van der Waals surface area contributed by atoms with Gasteiger partial charge >= 0.3 is 6.18 Å². The van der Waals surface area contributed by atoms with E-state index in [1.165, 1.54) is 12.1 Å². The first-order valence-corrected chi connectivity index (χ1v) is 10.0. The number of rotatable bonds is 5. The molecule has 0 amide bonds. The highest BCUT2D eigenvalue weighted by Gasteiger charge is 2.40. The quantitative estimate of drug-likeness (QED) is 0.679. The van der Waals surface area contributed by atoms with Crippen molar-refractivity contribution in [2.75, 3.05) is 11.6 Å². The fourth-order valence-electron chi connectivity index (χ4n) is 2.55. The predicted molar refractivity (Wildman–Crippen MR) is 98.0 cm³/mol. The third kappa shape index (κ3) is 4.38. The summed E-state index contributed by atoms with van der Waals surface area (Å²) in [6.07, 6.45) is -2.85. The molecule has 0 saturated carbocycles. The third-order valence-electron chi connectivity index (χ3n) is 3.93. The molecule has 0 bridgehead atoms. The van der Waals surface area contributed by atoms with E-state index in [0.29, 0.717) is 0 Å². The molecular formula is C18H14F3N5O2S. The molecule has 2 heterocycles. The lowest BCUT2D eigenvalue weighted by atomic mass is 10.2. The monoisotopic (exact) mass is 421 g/mol. The zero-order chi connectivity index (χ0) is 21.2. The SMILES string of the molecule is CS(=O)(=O)c1ccc(-n2nc(C(F)(F)F)c(C#N)c2NCc2ccccc2)nc1. The van der Waals surface area contributed by atoms with Gasteiger partial charge in [0, 0.05) is 19.0 Å². The van der Waals surface area contributed by atoms with Crippen molar-refractivity contribution in [2.45, 2.75) is 17.6 Å². The molecular weight excluding hydrogens is 407 g/mol. The zero-order valence-corrected chi connectivity index (χ0v) is 15.8. The molecule has 0 saturated heterocycles. The smallest absolute Gasteiger partial charge is 0.365 e. The number of anilines is 1. The van der Waals surface area contributed by atoms with Crippen LogP contribution in [0.3, 0.4) is 0 Å². The van der Waals surface area contributed by atoms with E-state index >= 15 is 0 Å². The van der Waals surface area contributed by atoms with Gasteiger partial charge in [-0.2, -0.15) is 28.2 Å². The van der Waals surface area contributed by atoms with Crippen molar-refractivity contribution >= 4 is 15.7 Å². The summed E-state index contributed by atoms with van der Waals surface area (Å²) < 4.78 is 64.1. The Morgan fingerprint density at radius 3 is 2.38 bits per heavy atom. The second-order valence-corrected chi connectivity index (χ2v) is 8.07. The van der Waals surface area contributed by atoms with E-state index in [1.54, 1.807) is 36.4 Å². The van der Waals surface area contributed by atoms with Crippen molar-refractivity contribution in [2.24, 2.45) is 0 Å². The molecule has 2 aromatic heterocycles. The summed E-state index contributed by atoms with van der Waals surface area (Å²) in [5.41, 5.74) is -1.26. The van der Waals surface area contributed by atoms with Crippen molar-refractivity contribution < 1.29 is 21.6 Å². The van der Waals surface area contributed by atoms with Gasteiger partial charge in [-0.25, -0.2) is 13.4 Å². The standard InChI is InChI=1S/C18H14F3N5O2S/c1-29(27,28)13-7-8-15(23-11-13)26-17(24-10-12-5-3-2-4-6-12)14(9-22)16(25-26)18(19,20)21/h2-8,11,24H,10H2,1H3. The molecule has 150 valence electrons. The Balaban J connectivity index is 2.09. The second kappa shape index (κ2) is 7.56. The van der Waals surface area contributed by atoms with Crippen LogP contribution < -0.4 is 5.32 Å². The van der Waals surface area contributed by atoms with Gasteiger partial charge in [-0.05, 0) is 17.7 Å². The van der Waals surface area contributed by atoms with E-state index in [0.717, 1.165) is 22.7 Å². The zero-order valence-electron chi connectivity index (χ0n) is 15.0. The van der Waals surface area contributed by atoms with Crippen LogP contribution in [0.25, 0.3) is 5.82 Å². The molecule has 0 aliphatic carbocycles. The number of hydrogen-bond acceptors (Lipinski definition) is 6. The van der Waals surface area contributed by atoms with Gasteiger partial charge in [0.05, 0.1) is 4.90 Å². The van der Waals surface area contributed by atoms with Crippen LogP contribution in [0.1, 0.15) is 16.8 Å². The average molecular weight is 421 g/mol. The minimum atomic E-state index is -4.85. The number of halogens is 3. The Bertz CT molecular complexity index is 1170. The van der Waals surface area contributed by atoms with Gasteiger partial charge in [0.25, 0.3) is 0 Å². The topological polar surface area (TPSA) is 101 Å². The van der Waals surface area contributed by atoms with Crippen LogP contribution in [0.4, 0.5) is 19.0 Å². The highest BCUT2D eigenvalue weighted by atomic mass is 32.2. The number of nitriles is 1. The van der Waals surface area contributed by atoms with E-state index in [2.05, 4.69) is 15.4 Å². The van der Waals surface area contributed by atoms with Crippen molar-refractivity contribution in [3.63, 3.8) is 0 Å². The first kappa shape index (κ1) is 20.3. The highest BCUT2D eigenvalue weighted by Crippen LogP contribution is 2.35. The molecule has 0 aliphatic heterocycles. The fraction of sp³-hybridized carbons (Fsp3) is 0.167. The molecule has 29 heavy (non-hydrogen) atoms. The lowest BCUT2D eigenvalue weighted by Crippen LogP contribution is -2.10. The minimum Gasteiger partial charge on any atom is -0.365 e. The molecule has 3 rings (SSSR count). The third-order valence-corrected chi connectivity index (χ3v) is 5.03. The number of hydrogen-bond donors (Lipinski definition) is 1. The van der Waals surface area contributed by atoms with E-state index in [4.69, 9.17) is 0 Å². The van der Waals surface area contributed by atoms with E-state index in [9.17, 15) is 26.9 Å². The van der Waals surface area contributed by atoms with Crippen molar-refractivity contribution in [3.05, 3.63) is 65.5 Å². The van der Waals surface area contributed by atoms with Crippen molar-refractivity contribution in [1.82, 2.24) is 14.8 Å². The van der Waals surface area contributed by atoms with Gasteiger partial charge in [-0.15, -0.1) is 0 Å². The number of benzene rings is 1. The van der Waals surface area contributed by atoms with Crippen LogP contribution in [0.15, 0.2) is 53.6 Å². The van der Waals surface area contributed by atoms with Gasteiger partial charge in [-0.3, -0.25) is 0 Å². The van der Waals surface area contributed by atoms with Crippen LogP contribution in [0, 0.1) is 11.3 Å². The van der Waals surface area contributed by atoms with Gasteiger partial charge in [0.15, 0.2) is 27.2 Å². The molecule has 0 radical (unpaired) electrons. The number of nitrogens with zero attached hydrogens (tertiary/aromatic N) is 4. The minimum absolute atomic E-state index is 0.0695. The number of alkyl halides is 3. The summed E-state index contributed by atoms with van der Waals surface area (Å²) in [6.45, 7) is 0.139. The summed E-state index contributed by atoms with van der Waals surface area (Å²) in [6, 6.07) is 12.8. The predicted octanol–water partition coefficient (Wildman–Crippen LogP) is 3.17. The van der Waals surface area contributed by atoms with Crippen LogP contribution in [-0.4, -0.2) is 29.4 Å². The highest BCUT2D eigenvalue weighted by molar-refractivity contribution is 7.90. The maximum atomic E-state index is 13.4. The Labute approximate surface area is 164 Å². The van der Waals surface area contributed by atoms with Crippen molar-refractivity contribution in [1.29, 1.82) is 5.26 Å². The molecule has 0 unspecified atom stereocenters. The van der Waals surface area contributed by atoms with E-state index in [1.807, 2.05) is 0 Å². The molecule has 3 aromatic rings.